The molecule has 0 unspecified atom stereocenters. The fourth-order valence-corrected chi connectivity index (χ4v) is 3.19. The van der Waals surface area contributed by atoms with Crippen LogP contribution in [0.5, 0.6) is 0 Å². The fraction of sp³-hybridized carbons (Fsp3) is 0.0667. The second-order valence-corrected chi connectivity index (χ2v) is 6.98. The second kappa shape index (κ2) is 6.80. The van der Waals surface area contributed by atoms with Gasteiger partial charge in [-0.1, -0.05) is 0 Å². The Bertz CT molecular complexity index is 1040. The standard InChI is InChI=1S/C15H16N8O2S/c1-23-7-13(20-9-23)26(24,25)22-11-4-2-10(3-5-11)21-15-12(6-16)14(17)18-8-19-15/h2-9,16,22H,1H3,(H3,17,18,19,21). The first-order valence-corrected chi connectivity index (χ1v) is 8.86. The van der Waals surface area contributed by atoms with E-state index in [2.05, 4.69) is 25.0 Å². The summed E-state index contributed by atoms with van der Waals surface area (Å²) in [5.41, 5.74) is 7.11. The number of rotatable bonds is 6. The lowest BCUT2D eigenvalue weighted by atomic mass is 10.2. The van der Waals surface area contributed by atoms with Crippen LogP contribution in [0, 0.1) is 5.41 Å². The van der Waals surface area contributed by atoms with E-state index in [0.29, 0.717) is 22.8 Å². The highest BCUT2D eigenvalue weighted by Crippen LogP contribution is 2.22. The minimum atomic E-state index is -3.75. The lowest BCUT2D eigenvalue weighted by Crippen LogP contribution is -2.13. The Hall–Kier alpha value is -3.47. The van der Waals surface area contributed by atoms with Gasteiger partial charge in [0.1, 0.15) is 18.0 Å². The van der Waals surface area contributed by atoms with Crippen molar-refractivity contribution in [2.75, 3.05) is 15.8 Å². The fourth-order valence-electron chi connectivity index (χ4n) is 2.14. The zero-order chi connectivity index (χ0) is 18.7. The van der Waals surface area contributed by atoms with E-state index in [-0.39, 0.29) is 10.8 Å². The van der Waals surface area contributed by atoms with E-state index in [4.69, 9.17) is 11.1 Å². The van der Waals surface area contributed by atoms with Crippen LogP contribution in [0.15, 0.2) is 48.1 Å². The van der Waals surface area contributed by atoms with Crippen molar-refractivity contribution in [3.8, 4) is 0 Å². The van der Waals surface area contributed by atoms with Gasteiger partial charge in [-0.2, -0.15) is 8.42 Å². The molecule has 2 aromatic heterocycles. The van der Waals surface area contributed by atoms with Crippen molar-refractivity contribution in [1.29, 1.82) is 5.41 Å². The molecule has 10 nitrogen and oxygen atoms in total. The molecule has 1 aromatic carbocycles. The van der Waals surface area contributed by atoms with Crippen LogP contribution in [0.1, 0.15) is 5.56 Å². The molecule has 0 saturated carbocycles. The summed E-state index contributed by atoms with van der Waals surface area (Å²) < 4.78 is 28.5. The number of nitrogens with one attached hydrogen (secondary N) is 3. The SMILES string of the molecule is Cn1cnc(S(=O)(=O)Nc2ccc(Nc3ncnc(N)c3C=N)cc2)c1. The number of anilines is 4. The molecule has 0 fully saturated rings. The van der Waals surface area contributed by atoms with E-state index < -0.39 is 10.0 Å². The van der Waals surface area contributed by atoms with Crippen molar-refractivity contribution in [1.82, 2.24) is 19.5 Å². The Kier molecular flexibility index (Phi) is 4.54. The molecule has 2 heterocycles. The van der Waals surface area contributed by atoms with Gasteiger partial charge >= 0.3 is 0 Å². The predicted molar refractivity (Wildman–Crippen MR) is 98.1 cm³/mol. The van der Waals surface area contributed by atoms with Crippen molar-refractivity contribution in [3.63, 3.8) is 0 Å². The van der Waals surface area contributed by atoms with Crippen LogP contribution in [0.3, 0.4) is 0 Å². The summed E-state index contributed by atoms with van der Waals surface area (Å²) in [7, 11) is -2.06. The third-order valence-corrected chi connectivity index (χ3v) is 4.68. The van der Waals surface area contributed by atoms with Crippen molar-refractivity contribution in [2.45, 2.75) is 5.03 Å². The Balaban J connectivity index is 1.77. The molecular weight excluding hydrogens is 356 g/mol. The summed E-state index contributed by atoms with van der Waals surface area (Å²) in [6.07, 6.45) is 5.18. The molecule has 134 valence electrons. The van der Waals surface area contributed by atoms with Gasteiger partial charge in [0.2, 0.25) is 0 Å². The number of aromatic nitrogens is 4. The van der Waals surface area contributed by atoms with Crippen LogP contribution < -0.4 is 15.8 Å². The van der Waals surface area contributed by atoms with Crippen LogP contribution in [0.25, 0.3) is 0 Å². The van der Waals surface area contributed by atoms with Crippen LogP contribution in [-0.4, -0.2) is 34.2 Å². The van der Waals surface area contributed by atoms with Gasteiger partial charge in [-0.05, 0) is 24.3 Å². The third-order valence-electron chi connectivity index (χ3n) is 3.42. The minimum Gasteiger partial charge on any atom is -0.383 e. The topological polar surface area (TPSA) is 152 Å². The van der Waals surface area contributed by atoms with Crippen molar-refractivity contribution in [2.24, 2.45) is 7.05 Å². The summed E-state index contributed by atoms with van der Waals surface area (Å²) in [4.78, 5) is 11.7. The maximum atomic E-state index is 12.3. The first-order chi connectivity index (χ1) is 12.4. The molecule has 0 aliphatic rings. The third kappa shape index (κ3) is 3.62. The predicted octanol–water partition coefficient (Wildman–Crippen LogP) is 1.33. The first kappa shape index (κ1) is 17.4. The molecule has 5 N–H and O–H groups in total. The molecule has 0 bridgehead atoms. The van der Waals surface area contributed by atoms with E-state index in [1.54, 1.807) is 35.9 Å². The van der Waals surface area contributed by atoms with Crippen LogP contribution in [0.4, 0.5) is 23.0 Å². The first-order valence-electron chi connectivity index (χ1n) is 7.38. The Labute approximate surface area is 149 Å². The number of nitrogens with two attached hydrogens (primary N) is 1. The summed E-state index contributed by atoms with van der Waals surface area (Å²) in [5.74, 6) is 0.576. The Morgan fingerprint density at radius 2 is 1.85 bits per heavy atom. The average molecular weight is 372 g/mol. The van der Waals surface area contributed by atoms with Gasteiger partial charge < -0.3 is 21.0 Å². The maximum absolute atomic E-state index is 12.3. The largest absolute Gasteiger partial charge is 0.383 e. The van der Waals surface area contributed by atoms with Crippen LogP contribution >= 0.6 is 0 Å². The number of nitrogens with zero attached hydrogens (tertiary/aromatic N) is 4. The number of imidazole rings is 1. The molecule has 11 heteroatoms. The smallest absolute Gasteiger partial charge is 0.280 e. The Morgan fingerprint density at radius 3 is 2.46 bits per heavy atom. The van der Waals surface area contributed by atoms with Crippen LogP contribution in [0.2, 0.25) is 0 Å². The van der Waals surface area contributed by atoms with Crippen molar-refractivity contribution < 1.29 is 8.42 Å². The lowest BCUT2D eigenvalue weighted by Gasteiger charge is -2.10. The van der Waals surface area contributed by atoms with E-state index in [9.17, 15) is 8.42 Å². The van der Waals surface area contributed by atoms with Crippen molar-refractivity contribution >= 4 is 39.2 Å². The number of nitrogen functional groups attached to an aromatic ring is 1. The molecule has 26 heavy (non-hydrogen) atoms. The average Bonchev–Trinajstić information content (AvgIpc) is 3.04. The second-order valence-electron chi connectivity index (χ2n) is 5.35. The summed E-state index contributed by atoms with van der Waals surface area (Å²) in [6.45, 7) is 0. The highest BCUT2D eigenvalue weighted by molar-refractivity contribution is 7.92. The highest BCUT2D eigenvalue weighted by atomic mass is 32.2. The molecule has 3 aromatic rings. The zero-order valence-corrected chi connectivity index (χ0v) is 14.5. The summed E-state index contributed by atoms with van der Waals surface area (Å²) in [6, 6.07) is 6.53. The molecular formula is C15H16N8O2S. The van der Waals surface area contributed by atoms with E-state index in [1.165, 1.54) is 18.9 Å². The zero-order valence-electron chi connectivity index (χ0n) is 13.7. The maximum Gasteiger partial charge on any atom is 0.280 e. The van der Waals surface area contributed by atoms with Gasteiger partial charge in [-0.25, -0.2) is 15.0 Å². The van der Waals surface area contributed by atoms with E-state index >= 15 is 0 Å². The molecule has 0 atom stereocenters. The number of benzene rings is 1. The van der Waals surface area contributed by atoms with Gasteiger partial charge in [-0.3, -0.25) is 4.72 Å². The van der Waals surface area contributed by atoms with Crippen LogP contribution in [-0.2, 0) is 17.1 Å². The van der Waals surface area contributed by atoms with Gasteiger partial charge in [0.15, 0.2) is 5.03 Å². The van der Waals surface area contributed by atoms with E-state index in [1.807, 2.05) is 0 Å². The van der Waals surface area contributed by atoms with Gasteiger partial charge in [0, 0.05) is 30.8 Å². The molecule has 0 spiro atoms. The van der Waals surface area contributed by atoms with Crippen molar-refractivity contribution in [3.05, 3.63) is 48.7 Å². The van der Waals surface area contributed by atoms with Gasteiger partial charge in [0.25, 0.3) is 10.0 Å². The highest BCUT2D eigenvalue weighted by Gasteiger charge is 2.17. The quantitative estimate of drug-likeness (QED) is 0.476. The lowest BCUT2D eigenvalue weighted by molar-refractivity contribution is 0.598. The molecule has 0 amide bonds. The number of hydrogen-bond donors (Lipinski definition) is 4. The molecule has 3 rings (SSSR count). The number of sulfonamides is 1. The minimum absolute atomic E-state index is 0.0608. The van der Waals surface area contributed by atoms with Gasteiger partial charge in [-0.15, -0.1) is 0 Å². The number of hydrogen-bond acceptors (Lipinski definition) is 8. The summed E-state index contributed by atoms with van der Waals surface area (Å²) >= 11 is 0. The Morgan fingerprint density at radius 1 is 1.15 bits per heavy atom. The van der Waals surface area contributed by atoms with Gasteiger partial charge in [0.05, 0.1) is 11.9 Å². The molecule has 0 saturated heterocycles. The van der Waals surface area contributed by atoms with E-state index in [0.717, 1.165) is 6.21 Å². The number of aryl methyl sites for hydroxylation is 1. The monoisotopic (exact) mass is 372 g/mol. The molecule has 0 aliphatic heterocycles. The molecule has 0 radical (unpaired) electrons. The summed E-state index contributed by atoms with van der Waals surface area (Å²) in [5, 5.41) is 10.4. The normalized spacial score (nSPS) is 11.1. The molecule has 0 aliphatic carbocycles.